The molecule has 15 heavy (non-hydrogen) atoms. The number of pyridine rings is 1. The molecule has 2 rings (SSSR count). The number of hydrogen-bond donors (Lipinski definition) is 0. The summed E-state index contributed by atoms with van der Waals surface area (Å²) < 4.78 is 3.13. The number of nitrogens with zero attached hydrogens (tertiary/aromatic N) is 4. The van der Waals surface area contributed by atoms with Crippen molar-refractivity contribution in [3.8, 4) is 6.07 Å². The standard InChI is InChI=1S/C8H3BrClIN4/c9-4-3-5(10)13-6-7(4)15(2-1-12)14-8(6)11/h3H,2H2. The van der Waals surface area contributed by atoms with Gasteiger partial charge in [0.25, 0.3) is 0 Å². The van der Waals surface area contributed by atoms with Gasteiger partial charge in [-0.3, -0.25) is 0 Å². The van der Waals surface area contributed by atoms with Crippen LogP contribution in [0.3, 0.4) is 0 Å². The first-order chi connectivity index (χ1) is 7.13. The summed E-state index contributed by atoms with van der Waals surface area (Å²) in [5.74, 6) is 0. The molecule has 0 unspecified atom stereocenters. The molecule has 0 N–H and O–H groups in total. The average Bonchev–Trinajstić information content (AvgIpc) is 2.44. The zero-order valence-corrected chi connectivity index (χ0v) is 11.7. The molecule has 0 atom stereocenters. The van der Waals surface area contributed by atoms with Crippen molar-refractivity contribution in [2.24, 2.45) is 0 Å². The lowest BCUT2D eigenvalue weighted by molar-refractivity contribution is 0.728. The fraction of sp³-hybridized carbons (Fsp3) is 0.125. The molecule has 0 bridgehead atoms. The van der Waals surface area contributed by atoms with Crippen LogP contribution < -0.4 is 0 Å². The van der Waals surface area contributed by atoms with Crippen LogP contribution in [0.5, 0.6) is 0 Å². The Balaban J connectivity index is 2.82. The minimum absolute atomic E-state index is 0.196. The first kappa shape index (κ1) is 11.1. The molecule has 0 saturated carbocycles. The second-order valence-corrected chi connectivity index (χ2v) is 4.99. The third-order valence-corrected chi connectivity index (χ3v) is 3.32. The van der Waals surface area contributed by atoms with Crippen LogP contribution in [0.25, 0.3) is 11.0 Å². The fourth-order valence-electron chi connectivity index (χ4n) is 1.25. The van der Waals surface area contributed by atoms with E-state index in [1.54, 1.807) is 10.7 Å². The van der Waals surface area contributed by atoms with E-state index in [9.17, 15) is 0 Å². The first-order valence-electron chi connectivity index (χ1n) is 3.88. The van der Waals surface area contributed by atoms with Crippen molar-refractivity contribution >= 4 is 61.2 Å². The molecule has 0 saturated heterocycles. The smallest absolute Gasteiger partial charge is 0.149 e. The molecule has 0 radical (unpaired) electrons. The third-order valence-electron chi connectivity index (χ3n) is 1.80. The van der Waals surface area contributed by atoms with E-state index in [0.717, 1.165) is 13.7 Å². The predicted molar refractivity (Wildman–Crippen MR) is 68.6 cm³/mol. The molecular formula is C8H3BrClIN4. The second kappa shape index (κ2) is 4.23. The van der Waals surface area contributed by atoms with E-state index < -0.39 is 0 Å². The van der Waals surface area contributed by atoms with Crippen LogP contribution in [-0.4, -0.2) is 14.8 Å². The number of rotatable bonds is 1. The van der Waals surface area contributed by atoms with Crippen molar-refractivity contribution in [1.82, 2.24) is 14.8 Å². The molecule has 0 aliphatic heterocycles. The fourth-order valence-corrected chi connectivity index (χ4v) is 2.82. The van der Waals surface area contributed by atoms with Crippen molar-refractivity contribution in [2.75, 3.05) is 0 Å². The van der Waals surface area contributed by atoms with Gasteiger partial charge in [0.1, 0.15) is 26.4 Å². The number of halogens is 3. The van der Waals surface area contributed by atoms with Gasteiger partial charge in [-0.25, -0.2) is 9.67 Å². The lowest BCUT2D eigenvalue weighted by Crippen LogP contribution is -1.98. The quantitative estimate of drug-likeness (QED) is 0.549. The highest BCUT2D eigenvalue weighted by molar-refractivity contribution is 14.1. The van der Waals surface area contributed by atoms with Gasteiger partial charge in [0.05, 0.1) is 6.07 Å². The molecule has 2 aromatic rings. The minimum Gasteiger partial charge on any atom is -0.247 e. The molecule has 0 aliphatic rings. The van der Waals surface area contributed by atoms with E-state index in [1.807, 2.05) is 6.07 Å². The molecule has 76 valence electrons. The lowest BCUT2D eigenvalue weighted by Gasteiger charge is -1.99. The van der Waals surface area contributed by atoms with Crippen LogP contribution in [0.2, 0.25) is 5.15 Å². The summed E-state index contributed by atoms with van der Waals surface area (Å²) in [5.41, 5.74) is 1.51. The largest absolute Gasteiger partial charge is 0.247 e. The highest BCUT2D eigenvalue weighted by Gasteiger charge is 2.13. The summed E-state index contributed by atoms with van der Waals surface area (Å²) in [6, 6.07) is 3.74. The van der Waals surface area contributed by atoms with Crippen LogP contribution in [0, 0.1) is 15.0 Å². The highest BCUT2D eigenvalue weighted by Crippen LogP contribution is 2.28. The van der Waals surface area contributed by atoms with Gasteiger partial charge in [-0.05, 0) is 44.6 Å². The summed E-state index contributed by atoms with van der Waals surface area (Å²) in [4.78, 5) is 4.17. The number of nitriles is 1. The molecule has 0 amide bonds. The minimum atomic E-state index is 0.196. The average molecular weight is 397 g/mol. The molecule has 2 heterocycles. The number of aromatic nitrogens is 3. The number of fused-ring (bicyclic) bond motifs is 1. The molecule has 0 aromatic carbocycles. The van der Waals surface area contributed by atoms with Gasteiger partial charge in [0, 0.05) is 4.47 Å². The molecule has 2 aromatic heterocycles. The Labute approximate surface area is 112 Å². The topological polar surface area (TPSA) is 54.5 Å². The van der Waals surface area contributed by atoms with Gasteiger partial charge in [-0.15, -0.1) is 0 Å². The normalized spacial score (nSPS) is 10.5. The first-order valence-corrected chi connectivity index (χ1v) is 6.13. The molecule has 0 fully saturated rings. The van der Waals surface area contributed by atoms with Crippen LogP contribution in [0.15, 0.2) is 10.5 Å². The van der Waals surface area contributed by atoms with Gasteiger partial charge in [-0.2, -0.15) is 10.4 Å². The monoisotopic (exact) mass is 396 g/mol. The Morgan fingerprint density at radius 2 is 2.40 bits per heavy atom. The Morgan fingerprint density at radius 3 is 3.07 bits per heavy atom. The van der Waals surface area contributed by atoms with Crippen LogP contribution >= 0.6 is 50.1 Å². The van der Waals surface area contributed by atoms with Crippen LogP contribution in [0.1, 0.15) is 0 Å². The van der Waals surface area contributed by atoms with Gasteiger partial charge < -0.3 is 0 Å². The SMILES string of the molecule is N#CCn1nc(I)c2nc(Cl)cc(Br)c21. The zero-order chi connectivity index (χ0) is 11.0. The zero-order valence-electron chi connectivity index (χ0n) is 7.21. The third kappa shape index (κ3) is 1.96. The Hall–Kier alpha value is -0.390. The maximum Gasteiger partial charge on any atom is 0.149 e. The van der Waals surface area contributed by atoms with E-state index in [4.69, 9.17) is 16.9 Å². The van der Waals surface area contributed by atoms with Crippen molar-refractivity contribution in [2.45, 2.75) is 6.54 Å². The summed E-state index contributed by atoms with van der Waals surface area (Å²) in [6.45, 7) is 0.196. The highest BCUT2D eigenvalue weighted by atomic mass is 127. The Morgan fingerprint density at radius 1 is 1.67 bits per heavy atom. The predicted octanol–water partition coefficient (Wildman–Crippen LogP) is 2.98. The molecule has 0 aliphatic carbocycles. The van der Waals surface area contributed by atoms with Crippen molar-refractivity contribution in [3.63, 3.8) is 0 Å². The second-order valence-electron chi connectivity index (χ2n) is 2.73. The molecule has 7 heteroatoms. The Bertz CT molecular complexity index is 574. The molecular weight excluding hydrogens is 394 g/mol. The maximum atomic E-state index is 8.66. The van der Waals surface area contributed by atoms with E-state index in [2.05, 4.69) is 48.6 Å². The van der Waals surface area contributed by atoms with Crippen molar-refractivity contribution < 1.29 is 0 Å². The Kier molecular flexibility index (Phi) is 3.13. The maximum absolute atomic E-state index is 8.66. The van der Waals surface area contributed by atoms with Crippen LogP contribution in [0.4, 0.5) is 0 Å². The lowest BCUT2D eigenvalue weighted by atomic mass is 10.4. The van der Waals surface area contributed by atoms with E-state index in [0.29, 0.717) is 10.7 Å². The van der Waals surface area contributed by atoms with Crippen molar-refractivity contribution in [1.29, 1.82) is 5.26 Å². The van der Waals surface area contributed by atoms with Crippen LogP contribution in [-0.2, 0) is 6.54 Å². The summed E-state index contributed by atoms with van der Waals surface area (Å²) in [6.07, 6.45) is 0. The summed E-state index contributed by atoms with van der Waals surface area (Å²) >= 11 is 11.3. The molecule has 0 spiro atoms. The van der Waals surface area contributed by atoms with E-state index in [1.165, 1.54) is 0 Å². The summed E-state index contributed by atoms with van der Waals surface area (Å²) in [5, 5.41) is 13.3. The van der Waals surface area contributed by atoms with E-state index >= 15 is 0 Å². The number of hydrogen-bond acceptors (Lipinski definition) is 3. The summed E-state index contributed by atoms with van der Waals surface area (Å²) in [7, 11) is 0. The van der Waals surface area contributed by atoms with Crippen molar-refractivity contribution in [3.05, 3.63) is 19.4 Å². The van der Waals surface area contributed by atoms with Gasteiger partial charge in [0.2, 0.25) is 0 Å². The molecule has 4 nitrogen and oxygen atoms in total. The van der Waals surface area contributed by atoms with Gasteiger partial charge in [-0.1, -0.05) is 11.6 Å². The van der Waals surface area contributed by atoms with Gasteiger partial charge >= 0.3 is 0 Å². The van der Waals surface area contributed by atoms with Gasteiger partial charge in [0.15, 0.2) is 0 Å². The van der Waals surface area contributed by atoms with E-state index in [-0.39, 0.29) is 6.54 Å².